The molecule has 1 heterocycles. The van der Waals surface area contributed by atoms with Crippen LogP contribution in [0.1, 0.15) is 5.56 Å². The summed E-state index contributed by atoms with van der Waals surface area (Å²) in [7, 11) is 0. The maximum atomic E-state index is 9.88. The third-order valence-electron chi connectivity index (χ3n) is 2.59. The zero-order chi connectivity index (χ0) is 12.4. The van der Waals surface area contributed by atoms with Crippen molar-refractivity contribution in [3.05, 3.63) is 42.0 Å². The molecule has 6 heteroatoms. The first-order chi connectivity index (χ1) is 8.84. The van der Waals surface area contributed by atoms with E-state index in [9.17, 15) is 5.11 Å². The Kier molecular flexibility index (Phi) is 2.45. The minimum atomic E-state index is 0.168. The lowest BCUT2D eigenvalue weighted by atomic mass is 10.0. The summed E-state index contributed by atoms with van der Waals surface area (Å²) in [4.78, 5) is 4.05. The molecule has 0 bridgehead atoms. The molecule has 3 aromatic rings. The Morgan fingerprint density at radius 2 is 2.06 bits per heavy atom. The molecule has 3 rings (SSSR count). The SMILES string of the molecule is Oc1ccc2ccccc2c1C=Nc1nn[nH]n1. The molecular formula is C12H9N5O. The molecule has 0 radical (unpaired) electrons. The zero-order valence-electron chi connectivity index (χ0n) is 9.28. The maximum Gasteiger partial charge on any atom is 0.288 e. The van der Waals surface area contributed by atoms with E-state index in [4.69, 9.17) is 0 Å². The molecule has 0 aliphatic rings. The fourth-order valence-corrected chi connectivity index (χ4v) is 1.75. The second-order valence-electron chi connectivity index (χ2n) is 3.69. The molecule has 2 N–H and O–H groups in total. The van der Waals surface area contributed by atoms with Gasteiger partial charge in [-0.2, -0.15) is 5.21 Å². The van der Waals surface area contributed by atoms with Gasteiger partial charge in [0.25, 0.3) is 5.95 Å². The summed E-state index contributed by atoms with van der Waals surface area (Å²) >= 11 is 0. The average Bonchev–Trinajstić information content (AvgIpc) is 2.91. The summed E-state index contributed by atoms with van der Waals surface area (Å²) in [5.74, 6) is 0.392. The number of hydrogen-bond donors (Lipinski definition) is 2. The largest absolute Gasteiger partial charge is 0.507 e. The van der Waals surface area contributed by atoms with Gasteiger partial charge in [-0.05, 0) is 22.1 Å². The first kappa shape index (κ1) is 10.4. The normalized spacial score (nSPS) is 11.3. The number of rotatable bonds is 2. The van der Waals surface area contributed by atoms with Gasteiger partial charge in [0.2, 0.25) is 0 Å². The number of aromatic nitrogens is 4. The molecule has 0 aliphatic carbocycles. The number of H-pyrrole nitrogens is 1. The van der Waals surface area contributed by atoms with Crippen molar-refractivity contribution in [1.29, 1.82) is 0 Å². The highest BCUT2D eigenvalue weighted by Gasteiger charge is 2.04. The van der Waals surface area contributed by atoms with Gasteiger partial charge in [0, 0.05) is 11.8 Å². The van der Waals surface area contributed by atoms with Gasteiger partial charge in [0.15, 0.2) is 0 Å². The topological polar surface area (TPSA) is 87.0 Å². The fourth-order valence-electron chi connectivity index (χ4n) is 1.75. The van der Waals surface area contributed by atoms with Crippen LogP contribution < -0.4 is 0 Å². The van der Waals surface area contributed by atoms with Crippen molar-refractivity contribution in [3.63, 3.8) is 0 Å². The number of aromatic hydroxyl groups is 1. The van der Waals surface area contributed by atoms with E-state index >= 15 is 0 Å². The van der Waals surface area contributed by atoms with E-state index in [0.717, 1.165) is 10.8 Å². The molecule has 0 aliphatic heterocycles. The lowest BCUT2D eigenvalue weighted by Gasteiger charge is -2.03. The smallest absolute Gasteiger partial charge is 0.288 e. The van der Waals surface area contributed by atoms with Gasteiger partial charge in [-0.1, -0.05) is 35.4 Å². The van der Waals surface area contributed by atoms with Crippen LogP contribution in [-0.2, 0) is 0 Å². The highest BCUT2D eigenvalue weighted by molar-refractivity contribution is 6.02. The number of tetrazole rings is 1. The van der Waals surface area contributed by atoms with E-state index < -0.39 is 0 Å². The van der Waals surface area contributed by atoms with E-state index in [1.165, 1.54) is 6.21 Å². The van der Waals surface area contributed by atoms with Crippen LogP contribution >= 0.6 is 0 Å². The molecule has 18 heavy (non-hydrogen) atoms. The third kappa shape index (κ3) is 1.80. The van der Waals surface area contributed by atoms with Crippen molar-refractivity contribution in [3.8, 4) is 5.75 Å². The fraction of sp³-hybridized carbons (Fsp3) is 0. The lowest BCUT2D eigenvalue weighted by Crippen LogP contribution is -1.86. The number of aromatic amines is 1. The van der Waals surface area contributed by atoms with Crippen molar-refractivity contribution in [2.24, 2.45) is 4.99 Å². The number of fused-ring (bicyclic) bond motifs is 1. The number of hydrogen-bond acceptors (Lipinski definition) is 5. The number of aliphatic imine (C=N–C) groups is 1. The van der Waals surface area contributed by atoms with Gasteiger partial charge in [-0.15, -0.1) is 5.10 Å². The Bertz CT molecular complexity index is 706. The van der Waals surface area contributed by atoms with E-state index in [1.54, 1.807) is 6.07 Å². The van der Waals surface area contributed by atoms with Crippen LogP contribution in [0.15, 0.2) is 41.4 Å². The van der Waals surface area contributed by atoms with Gasteiger partial charge in [0.05, 0.1) is 0 Å². The zero-order valence-corrected chi connectivity index (χ0v) is 9.28. The standard InChI is InChI=1S/C12H9N5O/c18-11-6-5-8-3-1-2-4-9(8)10(11)7-13-12-14-16-17-15-12/h1-7,18H,(H,14,15,16,17). The molecular weight excluding hydrogens is 230 g/mol. The Morgan fingerprint density at radius 3 is 2.89 bits per heavy atom. The van der Waals surface area contributed by atoms with Gasteiger partial charge < -0.3 is 5.11 Å². The summed E-state index contributed by atoms with van der Waals surface area (Å²) in [5, 5.41) is 25.0. The van der Waals surface area contributed by atoms with Crippen LogP contribution in [0.2, 0.25) is 0 Å². The van der Waals surface area contributed by atoms with Crippen molar-refractivity contribution < 1.29 is 5.11 Å². The molecule has 0 amide bonds. The highest BCUT2D eigenvalue weighted by atomic mass is 16.3. The summed E-state index contributed by atoms with van der Waals surface area (Å²) in [5.41, 5.74) is 0.637. The Hall–Kier alpha value is -2.76. The summed E-state index contributed by atoms with van der Waals surface area (Å²) in [6.45, 7) is 0. The molecule has 6 nitrogen and oxygen atoms in total. The van der Waals surface area contributed by atoms with E-state index in [1.807, 2.05) is 30.3 Å². The molecule has 1 aromatic heterocycles. The molecule has 0 saturated heterocycles. The maximum absolute atomic E-state index is 9.88. The second-order valence-corrected chi connectivity index (χ2v) is 3.69. The minimum Gasteiger partial charge on any atom is -0.507 e. The van der Waals surface area contributed by atoms with Gasteiger partial charge in [0.1, 0.15) is 5.75 Å². The molecule has 88 valence electrons. The Labute approximate surface area is 102 Å². The monoisotopic (exact) mass is 239 g/mol. The van der Waals surface area contributed by atoms with Crippen molar-refractivity contribution >= 4 is 22.9 Å². The number of phenolic OH excluding ortho intramolecular Hbond substituents is 1. The van der Waals surface area contributed by atoms with Crippen LogP contribution in [-0.4, -0.2) is 31.9 Å². The molecule has 0 unspecified atom stereocenters. The average molecular weight is 239 g/mol. The first-order valence-corrected chi connectivity index (χ1v) is 5.33. The first-order valence-electron chi connectivity index (χ1n) is 5.33. The quantitative estimate of drug-likeness (QED) is 0.667. The molecule has 0 atom stereocenters. The number of nitrogens with one attached hydrogen (secondary N) is 1. The van der Waals surface area contributed by atoms with Crippen molar-refractivity contribution in [2.75, 3.05) is 0 Å². The van der Waals surface area contributed by atoms with Crippen LogP contribution in [0.25, 0.3) is 10.8 Å². The van der Waals surface area contributed by atoms with Gasteiger partial charge >= 0.3 is 0 Å². The summed E-state index contributed by atoms with van der Waals surface area (Å²) < 4.78 is 0. The van der Waals surface area contributed by atoms with Crippen molar-refractivity contribution in [2.45, 2.75) is 0 Å². The third-order valence-corrected chi connectivity index (χ3v) is 2.59. The van der Waals surface area contributed by atoms with Crippen LogP contribution in [0.3, 0.4) is 0 Å². The predicted molar refractivity (Wildman–Crippen MR) is 67.0 cm³/mol. The minimum absolute atomic E-state index is 0.168. The van der Waals surface area contributed by atoms with E-state index in [-0.39, 0.29) is 11.7 Å². The molecule has 0 saturated carbocycles. The van der Waals surface area contributed by atoms with Gasteiger partial charge in [-0.25, -0.2) is 4.99 Å². The van der Waals surface area contributed by atoms with Crippen LogP contribution in [0.4, 0.5) is 5.95 Å². The number of phenols is 1. The summed E-state index contributed by atoms with van der Waals surface area (Å²) in [6, 6.07) is 11.2. The highest BCUT2D eigenvalue weighted by Crippen LogP contribution is 2.25. The molecule has 0 fully saturated rings. The number of nitrogens with zero attached hydrogens (tertiary/aromatic N) is 4. The lowest BCUT2D eigenvalue weighted by molar-refractivity contribution is 0.475. The molecule has 0 spiro atoms. The van der Waals surface area contributed by atoms with Crippen molar-refractivity contribution in [1.82, 2.24) is 20.6 Å². The van der Waals surface area contributed by atoms with Gasteiger partial charge in [-0.3, -0.25) is 0 Å². The Morgan fingerprint density at radius 1 is 1.17 bits per heavy atom. The number of benzene rings is 2. The summed E-state index contributed by atoms with van der Waals surface area (Å²) in [6.07, 6.45) is 1.53. The Balaban J connectivity index is 2.13. The van der Waals surface area contributed by atoms with E-state index in [0.29, 0.717) is 5.56 Å². The molecule has 2 aromatic carbocycles. The predicted octanol–water partition coefficient (Wildman–Crippen LogP) is 1.81. The van der Waals surface area contributed by atoms with Crippen LogP contribution in [0.5, 0.6) is 5.75 Å². The van der Waals surface area contributed by atoms with E-state index in [2.05, 4.69) is 25.6 Å². The van der Waals surface area contributed by atoms with Crippen LogP contribution in [0, 0.1) is 0 Å². The second kappa shape index (κ2) is 4.25.